The lowest BCUT2D eigenvalue weighted by Crippen LogP contribution is -2.47. The van der Waals surface area contributed by atoms with Crippen LogP contribution in [-0.2, 0) is 12.5 Å². The minimum Gasteiger partial charge on any atom is -0.495 e. The molecule has 2 aromatic carbocycles. The van der Waals surface area contributed by atoms with E-state index in [-0.39, 0.29) is 36.2 Å². The van der Waals surface area contributed by atoms with E-state index in [2.05, 4.69) is 10.4 Å². The number of hydrogen-bond acceptors (Lipinski definition) is 5. The standard InChI is InChI=1S/C26H22F3N5O3/c1-15-14-33-22(20(13-31-33)23(35)32-18-5-8-21(37-2)16(11-18)12-30)24(36)34(15)19-6-3-17(4-7-19)26(28,29)25(27)9-10-25/h3-8,11,13,15H,9-10,14H2,1-2H3,(H,32,35). The molecule has 2 aliphatic rings. The van der Waals surface area contributed by atoms with E-state index in [1.807, 2.05) is 6.07 Å². The Morgan fingerprint density at radius 2 is 1.95 bits per heavy atom. The number of nitriles is 1. The second-order valence-corrected chi connectivity index (χ2v) is 9.18. The van der Waals surface area contributed by atoms with Gasteiger partial charge in [-0.05, 0) is 50.1 Å². The monoisotopic (exact) mass is 509 g/mol. The van der Waals surface area contributed by atoms with Gasteiger partial charge < -0.3 is 15.0 Å². The minimum absolute atomic E-state index is 0.0208. The Hall–Kier alpha value is -4.33. The fourth-order valence-electron chi connectivity index (χ4n) is 4.52. The normalized spacial score (nSPS) is 18.1. The molecule has 0 saturated heterocycles. The van der Waals surface area contributed by atoms with Gasteiger partial charge in [0.25, 0.3) is 11.8 Å². The highest BCUT2D eigenvalue weighted by Gasteiger charge is 2.64. The van der Waals surface area contributed by atoms with Crippen LogP contribution in [0.1, 0.15) is 51.7 Å². The summed E-state index contributed by atoms with van der Waals surface area (Å²) in [5.74, 6) is -4.39. The number of nitrogens with zero attached hydrogens (tertiary/aromatic N) is 4. The van der Waals surface area contributed by atoms with Crippen LogP contribution in [-0.4, -0.2) is 40.4 Å². The third kappa shape index (κ3) is 3.98. The first-order valence-electron chi connectivity index (χ1n) is 11.6. The van der Waals surface area contributed by atoms with Crippen molar-refractivity contribution in [1.82, 2.24) is 9.78 Å². The predicted octanol–water partition coefficient (Wildman–Crippen LogP) is 4.66. The Balaban J connectivity index is 1.41. The number of rotatable bonds is 6. The van der Waals surface area contributed by atoms with Gasteiger partial charge in [-0.15, -0.1) is 0 Å². The molecule has 2 heterocycles. The number of anilines is 2. The zero-order valence-corrected chi connectivity index (χ0v) is 20.0. The maximum absolute atomic E-state index is 14.5. The summed E-state index contributed by atoms with van der Waals surface area (Å²) in [5.41, 5.74) is -2.01. The van der Waals surface area contributed by atoms with Crippen molar-refractivity contribution in [3.05, 3.63) is 71.0 Å². The van der Waals surface area contributed by atoms with Crippen LogP contribution >= 0.6 is 0 Å². The quantitative estimate of drug-likeness (QED) is 0.521. The summed E-state index contributed by atoms with van der Waals surface area (Å²) < 4.78 is 49.6. The van der Waals surface area contributed by atoms with Gasteiger partial charge in [0.2, 0.25) is 0 Å². The van der Waals surface area contributed by atoms with E-state index in [1.54, 1.807) is 13.0 Å². The van der Waals surface area contributed by atoms with E-state index in [0.717, 1.165) is 12.1 Å². The van der Waals surface area contributed by atoms with Crippen LogP contribution in [0.4, 0.5) is 24.5 Å². The molecule has 0 radical (unpaired) electrons. The summed E-state index contributed by atoms with van der Waals surface area (Å²) in [4.78, 5) is 28.0. The molecule has 1 saturated carbocycles. The number of aromatic nitrogens is 2. The topological polar surface area (TPSA) is 100 Å². The number of halogens is 3. The number of amides is 2. The SMILES string of the molecule is COc1ccc(NC(=O)c2cnn3c2C(=O)N(c2ccc(C(F)(F)C4(F)CC4)cc2)C(C)C3)cc1C#N. The largest absolute Gasteiger partial charge is 0.495 e. The summed E-state index contributed by atoms with van der Waals surface area (Å²) in [6, 6.07) is 11.1. The Morgan fingerprint density at radius 3 is 2.57 bits per heavy atom. The molecule has 11 heteroatoms. The smallest absolute Gasteiger partial charge is 0.306 e. The van der Waals surface area contributed by atoms with Crippen molar-refractivity contribution in [1.29, 1.82) is 5.26 Å². The zero-order valence-electron chi connectivity index (χ0n) is 20.0. The molecule has 37 heavy (non-hydrogen) atoms. The van der Waals surface area contributed by atoms with Crippen LogP contribution in [0.5, 0.6) is 5.75 Å². The first-order chi connectivity index (χ1) is 17.6. The average Bonchev–Trinajstić information content (AvgIpc) is 3.50. The maximum atomic E-state index is 14.5. The van der Waals surface area contributed by atoms with Gasteiger partial charge in [-0.2, -0.15) is 19.1 Å². The van der Waals surface area contributed by atoms with Gasteiger partial charge in [-0.1, -0.05) is 12.1 Å². The first kappa shape index (κ1) is 24.4. The molecule has 1 fully saturated rings. The van der Waals surface area contributed by atoms with Gasteiger partial charge >= 0.3 is 5.92 Å². The first-order valence-corrected chi connectivity index (χ1v) is 11.6. The molecule has 190 valence electrons. The second kappa shape index (κ2) is 8.65. The van der Waals surface area contributed by atoms with Crippen molar-refractivity contribution in [3.63, 3.8) is 0 Å². The number of methoxy groups -OCH3 is 1. The third-order valence-electron chi connectivity index (χ3n) is 6.72. The van der Waals surface area contributed by atoms with Gasteiger partial charge in [0.05, 0.1) is 37.0 Å². The van der Waals surface area contributed by atoms with E-state index < -0.39 is 35.0 Å². The number of ether oxygens (including phenoxy) is 1. The molecule has 1 aromatic heterocycles. The van der Waals surface area contributed by atoms with Crippen molar-refractivity contribution in [2.75, 3.05) is 17.3 Å². The molecule has 1 aliphatic heterocycles. The number of benzene rings is 2. The van der Waals surface area contributed by atoms with Gasteiger partial charge in [-0.3, -0.25) is 14.3 Å². The molecule has 0 bridgehead atoms. The number of fused-ring (bicyclic) bond motifs is 1. The van der Waals surface area contributed by atoms with Crippen LogP contribution in [0, 0.1) is 11.3 Å². The van der Waals surface area contributed by atoms with Crippen molar-refractivity contribution in [2.24, 2.45) is 0 Å². The molecule has 1 aliphatic carbocycles. The van der Waals surface area contributed by atoms with E-state index in [1.165, 1.54) is 47.2 Å². The Bertz CT molecular complexity index is 1440. The van der Waals surface area contributed by atoms with E-state index >= 15 is 0 Å². The van der Waals surface area contributed by atoms with E-state index in [9.17, 15) is 28.0 Å². The van der Waals surface area contributed by atoms with Crippen molar-refractivity contribution < 1.29 is 27.5 Å². The lowest BCUT2D eigenvalue weighted by Gasteiger charge is -2.34. The van der Waals surface area contributed by atoms with Crippen molar-refractivity contribution in [3.8, 4) is 11.8 Å². The Kier molecular flexibility index (Phi) is 5.70. The Labute approximate surface area is 210 Å². The fourth-order valence-corrected chi connectivity index (χ4v) is 4.52. The third-order valence-corrected chi connectivity index (χ3v) is 6.72. The number of alkyl halides is 3. The van der Waals surface area contributed by atoms with Crippen LogP contribution in [0.25, 0.3) is 0 Å². The number of nitrogens with one attached hydrogen (secondary N) is 1. The van der Waals surface area contributed by atoms with Gasteiger partial charge in [0.15, 0.2) is 5.67 Å². The highest BCUT2D eigenvalue weighted by Crippen LogP contribution is 2.56. The molecule has 3 aromatic rings. The summed E-state index contributed by atoms with van der Waals surface area (Å²) in [6.07, 6.45) is 0.909. The lowest BCUT2D eigenvalue weighted by molar-refractivity contribution is -0.0939. The highest BCUT2D eigenvalue weighted by atomic mass is 19.3. The number of carbonyl (C=O) groups excluding carboxylic acids is 2. The van der Waals surface area contributed by atoms with E-state index in [0.29, 0.717) is 17.1 Å². The van der Waals surface area contributed by atoms with Crippen LogP contribution in [0.3, 0.4) is 0 Å². The average molecular weight is 509 g/mol. The summed E-state index contributed by atoms with van der Waals surface area (Å²) in [7, 11) is 1.43. The molecule has 0 spiro atoms. The van der Waals surface area contributed by atoms with Crippen LogP contribution in [0.15, 0.2) is 48.7 Å². The highest BCUT2D eigenvalue weighted by molar-refractivity contribution is 6.15. The maximum Gasteiger partial charge on any atom is 0.306 e. The number of carbonyl (C=O) groups is 2. The molecule has 1 N–H and O–H groups in total. The predicted molar refractivity (Wildman–Crippen MR) is 128 cm³/mol. The Morgan fingerprint density at radius 1 is 1.24 bits per heavy atom. The zero-order chi connectivity index (χ0) is 26.5. The molecule has 8 nitrogen and oxygen atoms in total. The van der Waals surface area contributed by atoms with Crippen molar-refractivity contribution in [2.45, 2.75) is 43.9 Å². The molecule has 1 unspecified atom stereocenters. The second-order valence-electron chi connectivity index (χ2n) is 9.18. The summed E-state index contributed by atoms with van der Waals surface area (Å²) in [6.45, 7) is 2.04. The lowest BCUT2D eigenvalue weighted by atomic mass is 10.0. The van der Waals surface area contributed by atoms with Gasteiger partial charge in [-0.25, -0.2) is 4.39 Å². The molecular formula is C26H22F3N5O3. The molecular weight excluding hydrogens is 487 g/mol. The van der Waals surface area contributed by atoms with Crippen molar-refractivity contribution >= 4 is 23.2 Å². The van der Waals surface area contributed by atoms with Gasteiger partial charge in [0.1, 0.15) is 17.5 Å². The summed E-state index contributed by atoms with van der Waals surface area (Å²) >= 11 is 0. The van der Waals surface area contributed by atoms with E-state index in [4.69, 9.17) is 4.74 Å². The molecule has 2 amide bonds. The number of hydrogen-bond donors (Lipinski definition) is 1. The summed E-state index contributed by atoms with van der Waals surface area (Å²) in [5, 5.41) is 16.1. The van der Waals surface area contributed by atoms with Crippen LogP contribution in [0.2, 0.25) is 0 Å². The van der Waals surface area contributed by atoms with Gasteiger partial charge in [0, 0.05) is 16.9 Å². The molecule has 1 atom stereocenters. The fraction of sp³-hybridized carbons (Fsp3) is 0.308. The molecule has 5 rings (SSSR count). The van der Waals surface area contributed by atoms with Crippen LogP contribution < -0.4 is 15.0 Å². The minimum atomic E-state index is -3.61.